The quantitative estimate of drug-likeness (QED) is 0.751. The highest BCUT2D eigenvalue weighted by molar-refractivity contribution is 6.30. The molecule has 1 heterocycles. The minimum absolute atomic E-state index is 0.342. The summed E-state index contributed by atoms with van der Waals surface area (Å²) < 4.78 is 0. The molecule has 0 saturated heterocycles. The lowest BCUT2D eigenvalue weighted by Gasteiger charge is -2.04. The predicted octanol–water partition coefficient (Wildman–Crippen LogP) is 2.40. The van der Waals surface area contributed by atoms with Gasteiger partial charge in [0.1, 0.15) is 5.15 Å². The number of nitrogens with one attached hydrogen (secondary N) is 1. The van der Waals surface area contributed by atoms with Crippen molar-refractivity contribution in [3.8, 4) is 11.3 Å². The third kappa shape index (κ3) is 1.92. The molecule has 1 aromatic heterocycles. The molecule has 0 radical (unpaired) electrons. The summed E-state index contributed by atoms with van der Waals surface area (Å²) in [6.07, 6.45) is 0. The second kappa shape index (κ2) is 3.87. The second-order valence-electron chi connectivity index (χ2n) is 3.20. The van der Waals surface area contributed by atoms with Gasteiger partial charge in [-0.25, -0.2) is 4.79 Å². The molecule has 0 aliphatic heterocycles. The van der Waals surface area contributed by atoms with Gasteiger partial charge >= 0.3 is 5.69 Å². The Bertz CT molecular complexity index is 534. The van der Waals surface area contributed by atoms with Crippen molar-refractivity contribution in [2.75, 3.05) is 0 Å². The van der Waals surface area contributed by atoms with Crippen molar-refractivity contribution < 1.29 is 0 Å². The van der Waals surface area contributed by atoms with E-state index < -0.39 is 5.69 Å². The number of benzene rings is 1. The van der Waals surface area contributed by atoms with E-state index >= 15 is 0 Å². The van der Waals surface area contributed by atoms with Gasteiger partial charge in [-0.05, 0) is 6.92 Å². The third-order valence-corrected chi connectivity index (χ3v) is 2.54. The Hall–Kier alpha value is -1.61. The average molecular weight is 221 g/mol. The molecule has 0 amide bonds. The lowest BCUT2D eigenvalue weighted by Crippen LogP contribution is -2.12. The van der Waals surface area contributed by atoms with Crippen molar-refractivity contribution in [2.45, 2.75) is 6.92 Å². The summed E-state index contributed by atoms with van der Waals surface area (Å²) in [4.78, 5) is 17.5. The number of aromatic amines is 1. The first kappa shape index (κ1) is 9.93. The van der Waals surface area contributed by atoms with Crippen molar-refractivity contribution in [1.82, 2.24) is 9.97 Å². The Balaban J connectivity index is 2.68. The van der Waals surface area contributed by atoms with E-state index in [0.717, 1.165) is 11.1 Å². The van der Waals surface area contributed by atoms with Crippen molar-refractivity contribution in [2.24, 2.45) is 0 Å². The first-order valence-corrected chi connectivity index (χ1v) is 4.88. The summed E-state index contributed by atoms with van der Waals surface area (Å²) in [7, 11) is 0. The molecule has 4 heteroatoms. The zero-order chi connectivity index (χ0) is 10.8. The number of aromatic nitrogens is 2. The maximum Gasteiger partial charge on any atom is 0.346 e. The van der Waals surface area contributed by atoms with Crippen molar-refractivity contribution in [3.05, 3.63) is 51.5 Å². The molecule has 0 spiro atoms. The first-order chi connectivity index (χ1) is 7.18. The first-order valence-electron chi connectivity index (χ1n) is 4.50. The normalized spacial score (nSPS) is 10.3. The molecule has 1 aromatic carbocycles. The molecule has 0 fully saturated rings. The molecular weight excluding hydrogens is 212 g/mol. The fourth-order valence-electron chi connectivity index (χ4n) is 1.38. The monoisotopic (exact) mass is 220 g/mol. The molecule has 2 rings (SSSR count). The van der Waals surface area contributed by atoms with Crippen LogP contribution < -0.4 is 5.69 Å². The molecule has 1 N–H and O–H groups in total. The molecule has 3 nitrogen and oxygen atoms in total. The molecule has 2 aromatic rings. The van der Waals surface area contributed by atoms with Gasteiger partial charge in [-0.3, -0.25) is 4.98 Å². The fourth-order valence-corrected chi connectivity index (χ4v) is 1.55. The van der Waals surface area contributed by atoms with Crippen LogP contribution in [-0.4, -0.2) is 9.97 Å². The van der Waals surface area contributed by atoms with E-state index in [4.69, 9.17) is 11.6 Å². The maximum atomic E-state index is 11.2. The summed E-state index contributed by atoms with van der Waals surface area (Å²) in [5.41, 5.74) is 1.87. The molecule has 0 unspecified atom stereocenters. The van der Waals surface area contributed by atoms with E-state index in [1.807, 2.05) is 37.3 Å². The van der Waals surface area contributed by atoms with Crippen molar-refractivity contribution in [1.29, 1.82) is 0 Å². The van der Waals surface area contributed by atoms with Crippen LogP contribution in [0, 0.1) is 6.92 Å². The van der Waals surface area contributed by atoms with E-state index in [9.17, 15) is 4.79 Å². The summed E-state index contributed by atoms with van der Waals surface area (Å²) in [5.74, 6) is 0. The minimum atomic E-state index is -0.426. The van der Waals surface area contributed by atoms with Crippen LogP contribution in [-0.2, 0) is 0 Å². The van der Waals surface area contributed by atoms with E-state index in [1.54, 1.807) is 0 Å². The number of H-pyrrole nitrogens is 1. The predicted molar refractivity (Wildman–Crippen MR) is 60.0 cm³/mol. The maximum absolute atomic E-state index is 11.2. The smallest absolute Gasteiger partial charge is 0.296 e. The van der Waals surface area contributed by atoms with Crippen LogP contribution in [0.25, 0.3) is 11.3 Å². The highest BCUT2D eigenvalue weighted by Gasteiger charge is 2.07. The summed E-state index contributed by atoms with van der Waals surface area (Å²) in [6.45, 7) is 1.83. The number of hydrogen-bond donors (Lipinski definition) is 1. The lowest BCUT2D eigenvalue weighted by molar-refractivity contribution is 1.06. The van der Waals surface area contributed by atoms with Gasteiger partial charge in [-0.1, -0.05) is 41.9 Å². The lowest BCUT2D eigenvalue weighted by atomic mass is 10.1. The second-order valence-corrected chi connectivity index (χ2v) is 3.57. The Kier molecular flexibility index (Phi) is 2.56. The van der Waals surface area contributed by atoms with Gasteiger partial charge in [-0.15, -0.1) is 0 Å². The number of hydrogen-bond acceptors (Lipinski definition) is 2. The van der Waals surface area contributed by atoms with E-state index in [1.165, 1.54) is 0 Å². The third-order valence-electron chi connectivity index (χ3n) is 2.16. The Labute approximate surface area is 91.8 Å². The number of nitrogens with zero attached hydrogens (tertiary/aromatic N) is 1. The highest BCUT2D eigenvalue weighted by atomic mass is 35.5. The average Bonchev–Trinajstić information content (AvgIpc) is 2.24. The van der Waals surface area contributed by atoms with Gasteiger partial charge in [0.2, 0.25) is 0 Å². The van der Waals surface area contributed by atoms with Gasteiger partial charge < -0.3 is 0 Å². The SMILES string of the molecule is Cc1c(-c2ccccc2)nc(=O)[nH]c1Cl. The molecule has 0 aliphatic carbocycles. The van der Waals surface area contributed by atoms with Crippen LogP contribution >= 0.6 is 11.6 Å². The molecule has 15 heavy (non-hydrogen) atoms. The van der Waals surface area contributed by atoms with Crippen molar-refractivity contribution >= 4 is 11.6 Å². The topological polar surface area (TPSA) is 45.8 Å². The van der Waals surface area contributed by atoms with Gasteiger partial charge in [0.15, 0.2) is 0 Å². The summed E-state index contributed by atoms with van der Waals surface area (Å²) in [6, 6.07) is 9.49. The summed E-state index contributed by atoms with van der Waals surface area (Å²) in [5, 5.41) is 0.342. The Morgan fingerprint density at radius 1 is 1.27 bits per heavy atom. The molecular formula is C11H9ClN2O. The van der Waals surface area contributed by atoms with Gasteiger partial charge in [0.25, 0.3) is 0 Å². The molecule has 0 aliphatic rings. The van der Waals surface area contributed by atoms with Gasteiger partial charge in [0, 0.05) is 11.1 Å². The van der Waals surface area contributed by atoms with Gasteiger partial charge in [-0.2, -0.15) is 4.98 Å². The van der Waals surface area contributed by atoms with Crippen LogP contribution in [0.5, 0.6) is 0 Å². The zero-order valence-corrected chi connectivity index (χ0v) is 8.88. The summed E-state index contributed by atoms with van der Waals surface area (Å²) >= 11 is 5.87. The Morgan fingerprint density at radius 3 is 2.60 bits per heavy atom. The molecule has 0 atom stereocenters. The van der Waals surface area contributed by atoms with E-state index in [2.05, 4.69) is 9.97 Å². The molecule has 76 valence electrons. The van der Waals surface area contributed by atoms with Crippen LogP contribution in [0.4, 0.5) is 0 Å². The van der Waals surface area contributed by atoms with Crippen LogP contribution in [0.3, 0.4) is 0 Å². The van der Waals surface area contributed by atoms with E-state index in [0.29, 0.717) is 10.8 Å². The van der Waals surface area contributed by atoms with Crippen LogP contribution in [0.15, 0.2) is 35.1 Å². The Morgan fingerprint density at radius 2 is 1.93 bits per heavy atom. The fraction of sp³-hybridized carbons (Fsp3) is 0.0909. The molecule has 0 bridgehead atoms. The van der Waals surface area contributed by atoms with Gasteiger partial charge in [0.05, 0.1) is 5.69 Å². The van der Waals surface area contributed by atoms with Crippen molar-refractivity contribution in [3.63, 3.8) is 0 Å². The minimum Gasteiger partial charge on any atom is -0.296 e. The number of halogens is 1. The van der Waals surface area contributed by atoms with E-state index in [-0.39, 0.29) is 0 Å². The zero-order valence-electron chi connectivity index (χ0n) is 8.12. The largest absolute Gasteiger partial charge is 0.346 e. The molecule has 0 saturated carbocycles. The van der Waals surface area contributed by atoms with Crippen LogP contribution in [0.2, 0.25) is 5.15 Å². The number of rotatable bonds is 1. The highest BCUT2D eigenvalue weighted by Crippen LogP contribution is 2.22. The van der Waals surface area contributed by atoms with Crippen LogP contribution in [0.1, 0.15) is 5.56 Å². The standard InChI is InChI=1S/C11H9ClN2O/c1-7-9(8-5-3-2-4-6-8)13-11(15)14-10(7)12/h2-6H,1H3,(H,13,14,15).